The van der Waals surface area contributed by atoms with E-state index in [1.165, 1.54) is 26.6 Å². The van der Waals surface area contributed by atoms with Gasteiger partial charge in [-0.2, -0.15) is 12.7 Å². The van der Waals surface area contributed by atoms with Gasteiger partial charge in [0.15, 0.2) is 0 Å². The molecule has 1 saturated heterocycles. The maximum absolute atomic E-state index is 13.0. The van der Waals surface area contributed by atoms with E-state index in [-0.39, 0.29) is 6.04 Å². The number of likely N-dealkylation sites (N-methyl/N-ethyl adjacent to an activating group) is 1. The average molecular weight is 421 g/mol. The maximum Gasteiger partial charge on any atom is 0.333 e. The number of carbonyl (C=O) groups excluding carboxylic acids is 1. The van der Waals surface area contributed by atoms with Crippen molar-refractivity contribution in [2.75, 3.05) is 32.5 Å². The van der Waals surface area contributed by atoms with Crippen molar-refractivity contribution >= 4 is 21.9 Å². The van der Waals surface area contributed by atoms with E-state index in [0.29, 0.717) is 13.1 Å². The third-order valence-electron chi connectivity index (χ3n) is 6.39. The molecule has 1 aliphatic heterocycles. The van der Waals surface area contributed by atoms with Gasteiger partial charge in [-0.05, 0) is 87.7 Å². The molecule has 0 radical (unpaired) electrons. The van der Waals surface area contributed by atoms with Crippen molar-refractivity contribution in [2.45, 2.75) is 63.8 Å². The van der Waals surface area contributed by atoms with Gasteiger partial charge in [0.2, 0.25) is 0 Å². The fraction of sp³-hybridized carbons (Fsp3) is 0.667. The van der Waals surface area contributed by atoms with Gasteiger partial charge in [0.25, 0.3) is 0 Å². The van der Waals surface area contributed by atoms with Crippen molar-refractivity contribution in [1.82, 2.24) is 13.9 Å². The van der Waals surface area contributed by atoms with Crippen LogP contribution in [0.25, 0.3) is 0 Å². The Morgan fingerprint density at radius 2 is 1.72 bits per heavy atom. The molecule has 0 spiro atoms. The molecule has 4 rings (SSSR count). The Morgan fingerprint density at radius 3 is 2.34 bits per heavy atom. The summed E-state index contributed by atoms with van der Waals surface area (Å²) in [6.45, 7) is 1.11. The molecule has 29 heavy (non-hydrogen) atoms. The number of benzene rings is 1. The van der Waals surface area contributed by atoms with Crippen molar-refractivity contribution in [3.8, 4) is 0 Å². The minimum absolute atomic E-state index is 0.103. The van der Waals surface area contributed by atoms with E-state index in [4.69, 9.17) is 0 Å². The number of amides is 2. The van der Waals surface area contributed by atoms with Crippen LogP contribution in [-0.4, -0.2) is 56.9 Å². The number of carbonyl (C=O) groups is 1. The van der Waals surface area contributed by atoms with Crippen LogP contribution in [0.5, 0.6) is 0 Å². The van der Waals surface area contributed by atoms with E-state index in [0.717, 1.165) is 63.5 Å². The second-order valence-electron chi connectivity index (χ2n) is 8.82. The fourth-order valence-electron chi connectivity index (χ4n) is 5.18. The highest BCUT2D eigenvalue weighted by Crippen LogP contribution is 2.38. The van der Waals surface area contributed by atoms with Crippen LogP contribution in [-0.2, 0) is 35.9 Å². The monoisotopic (exact) mass is 420 g/mol. The average Bonchev–Trinajstić information content (AvgIpc) is 3.30. The largest absolute Gasteiger partial charge is 0.333 e. The van der Waals surface area contributed by atoms with E-state index < -0.39 is 16.2 Å². The topological polar surface area (TPSA) is 81.8 Å². The van der Waals surface area contributed by atoms with Gasteiger partial charge in [0, 0.05) is 24.8 Å². The number of aryl methyl sites for hydroxylation is 2. The summed E-state index contributed by atoms with van der Waals surface area (Å²) in [4.78, 5) is 14.8. The first-order chi connectivity index (χ1) is 13.8. The summed E-state index contributed by atoms with van der Waals surface area (Å²) in [6, 6.07) is 1.55. The highest BCUT2D eigenvalue weighted by molar-refractivity contribution is 7.87. The molecule has 1 aromatic carbocycles. The van der Waals surface area contributed by atoms with Gasteiger partial charge in [-0.15, -0.1) is 0 Å². The van der Waals surface area contributed by atoms with E-state index in [9.17, 15) is 13.2 Å². The number of hydrogen-bond donors (Lipinski definition) is 2. The number of rotatable bonds is 5. The Morgan fingerprint density at radius 1 is 1.07 bits per heavy atom. The molecule has 1 atom stereocenters. The molecule has 0 bridgehead atoms. The van der Waals surface area contributed by atoms with Crippen LogP contribution in [0, 0.1) is 0 Å². The molecular formula is C21H32N4O3S. The minimum atomic E-state index is -3.88. The number of nitrogens with one attached hydrogen (secondary N) is 2. The van der Waals surface area contributed by atoms with Gasteiger partial charge in [-0.25, -0.2) is 9.52 Å². The van der Waals surface area contributed by atoms with Crippen LogP contribution in [0.1, 0.15) is 54.4 Å². The van der Waals surface area contributed by atoms with Crippen LogP contribution < -0.4 is 10.0 Å². The standard InChI is InChI=1S/C21H32N4O3S/c1-24(2)14-17-9-3-4-12-25(17)29(27,28)23-21(26)22-20-18-10-5-7-15(18)13-16-8-6-11-19(16)20/h13,17H,3-12,14H2,1-2H3,(H2,22,23,26). The normalized spacial score (nSPS) is 21.8. The Bertz CT molecular complexity index is 865. The summed E-state index contributed by atoms with van der Waals surface area (Å²) in [5, 5.41) is 2.93. The third kappa shape index (κ3) is 4.29. The molecule has 2 N–H and O–H groups in total. The lowest BCUT2D eigenvalue weighted by atomic mass is 9.99. The predicted molar refractivity (Wildman–Crippen MR) is 114 cm³/mol. The summed E-state index contributed by atoms with van der Waals surface area (Å²) in [7, 11) is 0.000160. The second kappa shape index (κ2) is 8.24. The molecule has 2 amide bonds. The second-order valence-corrected chi connectivity index (χ2v) is 10.4. The third-order valence-corrected chi connectivity index (χ3v) is 7.93. The fourth-order valence-corrected chi connectivity index (χ4v) is 6.51. The smallest absolute Gasteiger partial charge is 0.308 e. The van der Waals surface area contributed by atoms with Crippen molar-refractivity contribution in [1.29, 1.82) is 0 Å². The first kappa shape index (κ1) is 20.6. The molecule has 1 heterocycles. The van der Waals surface area contributed by atoms with Gasteiger partial charge in [-0.1, -0.05) is 12.5 Å². The lowest BCUT2D eigenvalue weighted by Crippen LogP contribution is -2.53. The number of anilines is 1. The Hall–Kier alpha value is -1.64. The molecule has 7 nitrogen and oxygen atoms in total. The molecular weight excluding hydrogens is 388 g/mol. The summed E-state index contributed by atoms with van der Waals surface area (Å²) < 4.78 is 29.7. The van der Waals surface area contributed by atoms with Crippen LogP contribution >= 0.6 is 0 Å². The molecule has 0 saturated carbocycles. The molecule has 8 heteroatoms. The number of hydrogen-bond acceptors (Lipinski definition) is 4. The minimum Gasteiger partial charge on any atom is -0.308 e. The van der Waals surface area contributed by atoms with Crippen molar-refractivity contribution in [3.05, 3.63) is 28.3 Å². The molecule has 1 aromatic rings. The lowest BCUT2D eigenvalue weighted by molar-refractivity contribution is 0.202. The van der Waals surface area contributed by atoms with E-state index in [1.54, 1.807) is 0 Å². The Kier molecular flexibility index (Phi) is 5.86. The Labute approximate surface area is 174 Å². The first-order valence-electron chi connectivity index (χ1n) is 10.8. The number of piperidine rings is 1. The lowest BCUT2D eigenvalue weighted by Gasteiger charge is -2.35. The van der Waals surface area contributed by atoms with E-state index >= 15 is 0 Å². The summed E-state index contributed by atoms with van der Waals surface area (Å²) in [5.74, 6) is 0. The zero-order valence-corrected chi connectivity index (χ0v) is 18.3. The van der Waals surface area contributed by atoms with Crippen molar-refractivity contribution in [3.63, 3.8) is 0 Å². The molecule has 3 aliphatic rings. The Balaban J connectivity index is 1.51. The molecule has 2 aliphatic carbocycles. The van der Waals surface area contributed by atoms with Crippen LogP contribution in [0.3, 0.4) is 0 Å². The molecule has 1 fully saturated rings. The van der Waals surface area contributed by atoms with Gasteiger partial charge in [-0.3, -0.25) is 0 Å². The SMILES string of the molecule is CN(C)CC1CCCCN1S(=O)(=O)NC(=O)Nc1c2c(cc3c1CCC3)CCC2. The van der Waals surface area contributed by atoms with Crippen LogP contribution in [0.4, 0.5) is 10.5 Å². The molecule has 160 valence electrons. The predicted octanol–water partition coefficient (Wildman–Crippen LogP) is 2.45. The summed E-state index contributed by atoms with van der Waals surface area (Å²) in [5.41, 5.74) is 5.88. The van der Waals surface area contributed by atoms with Gasteiger partial charge in [0.1, 0.15) is 0 Å². The number of fused-ring (bicyclic) bond motifs is 2. The van der Waals surface area contributed by atoms with Gasteiger partial charge in [0.05, 0.1) is 0 Å². The number of urea groups is 1. The summed E-state index contributed by atoms with van der Waals surface area (Å²) in [6.07, 6.45) is 8.81. The van der Waals surface area contributed by atoms with Gasteiger partial charge < -0.3 is 10.2 Å². The van der Waals surface area contributed by atoms with Crippen molar-refractivity contribution < 1.29 is 13.2 Å². The first-order valence-corrected chi connectivity index (χ1v) is 12.2. The zero-order chi connectivity index (χ0) is 20.6. The molecule has 0 aromatic heterocycles. The van der Waals surface area contributed by atoms with Crippen LogP contribution in [0.2, 0.25) is 0 Å². The van der Waals surface area contributed by atoms with E-state index in [1.807, 2.05) is 19.0 Å². The summed E-state index contributed by atoms with van der Waals surface area (Å²) >= 11 is 0. The number of nitrogens with zero attached hydrogens (tertiary/aromatic N) is 2. The maximum atomic E-state index is 13.0. The van der Waals surface area contributed by atoms with Crippen LogP contribution in [0.15, 0.2) is 6.07 Å². The van der Waals surface area contributed by atoms with Gasteiger partial charge >= 0.3 is 16.2 Å². The zero-order valence-electron chi connectivity index (χ0n) is 17.5. The van der Waals surface area contributed by atoms with E-state index in [2.05, 4.69) is 16.1 Å². The highest BCUT2D eigenvalue weighted by Gasteiger charge is 2.34. The quantitative estimate of drug-likeness (QED) is 0.767. The van der Waals surface area contributed by atoms with Crippen molar-refractivity contribution in [2.24, 2.45) is 0 Å². The molecule has 1 unspecified atom stereocenters. The highest BCUT2D eigenvalue weighted by atomic mass is 32.2.